The van der Waals surface area contributed by atoms with Crippen molar-refractivity contribution in [1.82, 2.24) is 14.8 Å². The van der Waals surface area contributed by atoms with E-state index in [0.29, 0.717) is 16.9 Å². The number of aliphatic imine (C=N–C) groups is 1. The van der Waals surface area contributed by atoms with Gasteiger partial charge in [0.05, 0.1) is 23.7 Å². The molecule has 2 atom stereocenters. The summed E-state index contributed by atoms with van der Waals surface area (Å²) >= 11 is 1.15. The lowest BCUT2D eigenvalue weighted by Crippen LogP contribution is -2.41. The molecule has 254 valence electrons. The Labute approximate surface area is 275 Å². The van der Waals surface area contributed by atoms with Crippen LogP contribution in [0.2, 0.25) is 0 Å². The van der Waals surface area contributed by atoms with E-state index < -0.39 is 37.2 Å². The fraction of sp³-hybridized carbons (Fsp3) is 0.312. The Morgan fingerprint density at radius 2 is 1.71 bits per heavy atom. The van der Waals surface area contributed by atoms with Gasteiger partial charge in [0, 0.05) is 5.56 Å². The predicted octanol–water partition coefficient (Wildman–Crippen LogP) is 7.34. The minimum Gasteiger partial charge on any atom is -0.426 e. The number of ether oxygens (including phenoxy) is 2. The summed E-state index contributed by atoms with van der Waals surface area (Å²) in [6, 6.07) is 16.2. The molecule has 16 heteroatoms. The fourth-order valence-electron chi connectivity index (χ4n) is 4.66. The van der Waals surface area contributed by atoms with E-state index in [0.717, 1.165) is 35.0 Å². The molecular weight excluding hydrogens is 664 g/mol. The summed E-state index contributed by atoms with van der Waals surface area (Å²) < 4.78 is 88.8. The molecule has 9 nitrogen and oxygen atoms in total. The molecule has 3 aromatic carbocycles. The zero-order chi connectivity index (χ0) is 34.8. The Balaban J connectivity index is 1.19. The van der Waals surface area contributed by atoms with Crippen LogP contribution in [0.4, 0.5) is 32.0 Å². The predicted molar refractivity (Wildman–Crippen MR) is 167 cm³/mol. The first-order chi connectivity index (χ1) is 22.6. The van der Waals surface area contributed by atoms with Crippen LogP contribution in [0.3, 0.4) is 0 Å². The number of carbonyl (C=O) groups is 1. The SMILES string of the molecule is Cc1ccc(C(C)C)c(N2C(=O)CSC2=NC(O)OCC(F)c2ccc(-c3ncn(-c4ccc(OC(F)(F)C(F)(F)F)cc4)n3)cc2)c1. The number of aliphatic hydroxyl groups is 1. The molecule has 1 saturated heterocycles. The number of thioether (sulfide) groups is 1. The van der Waals surface area contributed by atoms with Crippen LogP contribution < -0.4 is 9.64 Å². The molecule has 1 N–H and O–H groups in total. The van der Waals surface area contributed by atoms with Crippen LogP contribution in [0.5, 0.6) is 5.75 Å². The highest BCUT2D eigenvalue weighted by Crippen LogP contribution is 2.38. The molecule has 0 spiro atoms. The van der Waals surface area contributed by atoms with Gasteiger partial charge in [-0.05, 0) is 59.9 Å². The second-order valence-electron chi connectivity index (χ2n) is 11.0. The molecule has 0 aliphatic carbocycles. The third-order valence-electron chi connectivity index (χ3n) is 7.13. The number of aromatic nitrogens is 3. The molecule has 1 aliphatic rings. The molecule has 1 amide bonds. The van der Waals surface area contributed by atoms with Crippen molar-refractivity contribution in [2.75, 3.05) is 17.3 Å². The quantitative estimate of drug-likeness (QED) is 0.130. The van der Waals surface area contributed by atoms with Crippen molar-refractivity contribution in [2.45, 2.75) is 51.6 Å². The van der Waals surface area contributed by atoms with Crippen molar-refractivity contribution in [2.24, 2.45) is 4.99 Å². The van der Waals surface area contributed by atoms with E-state index in [1.54, 1.807) is 12.1 Å². The Morgan fingerprint density at radius 1 is 1.02 bits per heavy atom. The first-order valence-corrected chi connectivity index (χ1v) is 15.5. The third-order valence-corrected chi connectivity index (χ3v) is 8.06. The number of hydrogen-bond acceptors (Lipinski definition) is 8. The smallest absolute Gasteiger partial charge is 0.426 e. The van der Waals surface area contributed by atoms with Crippen LogP contribution in [0.15, 0.2) is 78.0 Å². The van der Waals surface area contributed by atoms with E-state index in [1.165, 1.54) is 40.2 Å². The van der Waals surface area contributed by atoms with Crippen LogP contribution in [0, 0.1) is 6.92 Å². The summed E-state index contributed by atoms with van der Waals surface area (Å²) in [5.41, 5.74) is 3.61. The molecule has 1 fully saturated rings. The largest absolute Gasteiger partial charge is 0.499 e. The van der Waals surface area contributed by atoms with E-state index >= 15 is 4.39 Å². The molecule has 1 aliphatic heterocycles. The van der Waals surface area contributed by atoms with E-state index in [-0.39, 0.29) is 34.1 Å². The number of amides is 1. The van der Waals surface area contributed by atoms with Gasteiger partial charge >= 0.3 is 12.3 Å². The standard InChI is InChI=1S/C32H29F6N5O4S/c1-18(2)24-13-4-19(3)14-26(24)43-27(44)16-48-29(43)40-30(45)46-15-25(33)20-5-7-21(8-6-20)28-39-17-42(41-28)22-9-11-23(12-10-22)47-32(37,38)31(34,35)36/h4-14,17-18,25,30,45H,15-16H2,1-3H3. The molecule has 0 bridgehead atoms. The monoisotopic (exact) mass is 693 g/mol. The lowest BCUT2D eigenvalue weighted by Gasteiger charge is -2.23. The lowest BCUT2D eigenvalue weighted by molar-refractivity contribution is -0.360. The minimum absolute atomic E-state index is 0.127. The second-order valence-corrected chi connectivity index (χ2v) is 12.0. The lowest BCUT2D eigenvalue weighted by atomic mass is 9.99. The molecule has 48 heavy (non-hydrogen) atoms. The molecule has 1 aromatic heterocycles. The van der Waals surface area contributed by atoms with Crippen molar-refractivity contribution < 1.29 is 45.7 Å². The highest BCUT2D eigenvalue weighted by molar-refractivity contribution is 8.15. The Morgan fingerprint density at radius 3 is 2.35 bits per heavy atom. The maximum absolute atomic E-state index is 15.1. The summed E-state index contributed by atoms with van der Waals surface area (Å²) in [5.74, 6) is -0.399. The first-order valence-electron chi connectivity index (χ1n) is 14.5. The molecule has 0 saturated carbocycles. The van der Waals surface area contributed by atoms with Gasteiger partial charge in [-0.15, -0.1) is 5.10 Å². The van der Waals surface area contributed by atoms with Crippen LogP contribution >= 0.6 is 11.8 Å². The number of anilines is 1. The van der Waals surface area contributed by atoms with Crippen molar-refractivity contribution in [1.29, 1.82) is 0 Å². The Hall–Kier alpha value is -4.41. The summed E-state index contributed by atoms with van der Waals surface area (Å²) in [4.78, 5) is 22.5. The topological polar surface area (TPSA) is 102 Å². The van der Waals surface area contributed by atoms with Gasteiger partial charge in [-0.1, -0.05) is 62.0 Å². The van der Waals surface area contributed by atoms with Crippen LogP contribution in [-0.4, -0.2) is 62.0 Å². The minimum atomic E-state index is -5.87. The average molecular weight is 694 g/mol. The van der Waals surface area contributed by atoms with Crippen molar-refractivity contribution in [3.8, 4) is 22.8 Å². The van der Waals surface area contributed by atoms with Gasteiger partial charge in [-0.25, -0.2) is 19.0 Å². The molecule has 4 aromatic rings. The number of halogens is 6. The zero-order valence-electron chi connectivity index (χ0n) is 25.7. The number of benzene rings is 3. The number of alkyl halides is 6. The van der Waals surface area contributed by atoms with Crippen molar-refractivity contribution in [3.05, 3.63) is 89.7 Å². The summed E-state index contributed by atoms with van der Waals surface area (Å²) in [6.45, 7) is 5.40. The van der Waals surface area contributed by atoms with Gasteiger partial charge in [-0.2, -0.15) is 22.0 Å². The fourth-order valence-corrected chi connectivity index (χ4v) is 5.54. The van der Waals surface area contributed by atoms with E-state index in [9.17, 15) is 31.9 Å². The maximum atomic E-state index is 15.1. The average Bonchev–Trinajstić information content (AvgIpc) is 3.66. The normalized spacial score (nSPS) is 16.2. The third kappa shape index (κ3) is 7.82. The molecule has 0 radical (unpaired) electrons. The Kier molecular flexibility index (Phi) is 10.2. The highest BCUT2D eigenvalue weighted by atomic mass is 32.2. The van der Waals surface area contributed by atoms with E-state index in [2.05, 4.69) is 19.8 Å². The van der Waals surface area contributed by atoms with Crippen molar-refractivity contribution >= 4 is 28.5 Å². The van der Waals surface area contributed by atoms with Crippen LogP contribution in [0.1, 0.15) is 42.6 Å². The summed E-state index contributed by atoms with van der Waals surface area (Å²) in [6.07, 6.45) is -13.3. The number of nitrogens with zero attached hydrogens (tertiary/aromatic N) is 5. The van der Waals surface area contributed by atoms with Gasteiger partial charge in [0.25, 0.3) is 6.41 Å². The number of carbonyl (C=O) groups excluding carboxylic acids is 1. The Bertz CT molecular complexity index is 1780. The summed E-state index contributed by atoms with van der Waals surface area (Å²) in [7, 11) is 0. The number of amidine groups is 1. The number of aliphatic hydroxyl groups excluding tert-OH is 1. The van der Waals surface area contributed by atoms with Crippen LogP contribution in [-0.2, 0) is 9.53 Å². The summed E-state index contributed by atoms with van der Waals surface area (Å²) in [5, 5.41) is 15.0. The van der Waals surface area contributed by atoms with E-state index in [4.69, 9.17) is 4.74 Å². The van der Waals surface area contributed by atoms with Gasteiger partial charge < -0.3 is 14.6 Å². The van der Waals surface area contributed by atoms with Crippen LogP contribution in [0.25, 0.3) is 17.1 Å². The number of hydrogen-bond donors (Lipinski definition) is 1. The highest BCUT2D eigenvalue weighted by Gasteiger charge is 2.61. The molecule has 2 heterocycles. The maximum Gasteiger partial charge on any atom is 0.499 e. The van der Waals surface area contributed by atoms with Crippen molar-refractivity contribution in [3.63, 3.8) is 0 Å². The molecule has 5 rings (SSSR count). The molecule has 2 unspecified atom stereocenters. The zero-order valence-corrected chi connectivity index (χ0v) is 26.5. The van der Waals surface area contributed by atoms with E-state index in [1.807, 2.05) is 39.0 Å². The number of aryl methyl sites for hydroxylation is 1. The number of rotatable bonds is 11. The second kappa shape index (κ2) is 14.0. The molecular formula is C32H29F6N5O4S. The van der Waals surface area contributed by atoms with Gasteiger partial charge in [0.15, 0.2) is 11.0 Å². The van der Waals surface area contributed by atoms with Gasteiger partial charge in [0.1, 0.15) is 18.2 Å². The van der Waals surface area contributed by atoms with Gasteiger partial charge in [-0.3, -0.25) is 9.69 Å². The first kappa shape index (κ1) is 34.9. The van der Waals surface area contributed by atoms with Gasteiger partial charge in [0.2, 0.25) is 5.91 Å².